The van der Waals surface area contributed by atoms with E-state index in [4.69, 9.17) is 34.0 Å². The van der Waals surface area contributed by atoms with E-state index in [0.29, 0.717) is 0 Å². The van der Waals surface area contributed by atoms with Gasteiger partial charge in [-0.25, -0.2) is 9.78 Å². The Balaban J connectivity index is 2.80. The van der Waals surface area contributed by atoms with E-state index in [-0.39, 0.29) is 28.7 Å². The molecule has 1 atom stereocenters. The van der Waals surface area contributed by atoms with Gasteiger partial charge < -0.3 is 16.2 Å². The molecule has 20 heavy (non-hydrogen) atoms. The number of nitrogens with two attached hydrogens (primary N) is 1. The summed E-state index contributed by atoms with van der Waals surface area (Å²) in [6.45, 7) is 0. The number of aliphatic carboxylic acids is 1. The summed E-state index contributed by atoms with van der Waals surface area (Å²) in [5.74, 6) is -2.66. The fourth-order valence-electron chi connectivity index (χ4n) is 1.36. The molecule has 0 fully saturated rings. The van der Waals surface area contributed by atoms with Crippen LogP contribution in [-0.2, 0) is 9.59 Å². The van der Waals surface area contributed by atoms with E-state index in [1.807, 2.05) is 0 Å². The first-order chi connectivity index (χ1) is 9.31. The van der Waals surface area contributed by atoms with E-state index in [1.54, 1.807) is 0 Å². The smallest absolute Gasteiger partial charge is 0.326 e. The molecular formula is C11H11Cl2N3O4. The Labute approximate surface area is 124 Å². The summed E-state index contributed by atoms with van der Waals surface area (Å²) >= 11 is 11.3. The number of nitrogens with one attached hydrogen (secondary N) is 1. The first-order valence-corrected chi connectivity index (χ1v) is 6.21. The summed E-state index contributed by atoms with van der Waals surface area (Å²) in [6, 6.07) is 1.42. The Morgan fingerprint density at radius 2 is 2.00 bits per heavy atom. The third kappa shape index (κ3) is 4.67. The van der Waals surface area contributed by atoms with Crippen LogP contribution in [0, 0.1) is 0 Å². The second kappa shape index (κ2) is 7.06. The third-order valence-electron chi connectivity index (χ3n) is 2.34. The van der Waals surface area contributed by atoms with Gasteiger partial charge in [-0.3, -0.25) is 9.59 Å². The Bertz CT molecular complexity index is 550. The molecule has 9 heteroatoms. The van der Waals surface area contributed by atoms with Gasteiger partial charge in [-0.1, -0.05) is 23.2 Å². The van der Waals surface area contributed by atoms with Crippen LogP contribution in [0.2, 0.25) is 10.3 Å². The lowest BCUT2D eigenvalue weighted by atomic mass is 10.1. The summed E-state index contributed by atoms with van der Waals surface area (Å²) in [5, 5.41) is 11.2. The molecule has 2 amide bonds. The molecule has 0 radical (unpaired) electrons. The molecule has 0 aliphatic carbocycles. The van der Waals surface area contributed by atoms with Gasteiger partial charge in [0.25, 0.3) is 5.91 Å². The predicted molar refractivity (Wildman–Crippen MR) is 71.6 cm³/mol. The monoisotopic (exact) mass is 319 g/mol. The lowest BCUT2D eigenvalue weighted by molar-refractivity contribution is -0.139. The molecule has 1 aromatic rings. The van der Waals surface area contributed by atoms with E-state index >= 15 is 0 Å². The molecule has 4 N–H and O–H groups in total. The lowest BCUT2D eigenvalue weighted by Gasteiger charge is -2.14. The van der Waals surface area contributed by atoms with E-state index in [0.717, 1.165) is 0 Å². The standard InChI is InChI=1S/C11H11Cl2N3O4/c12-7-3-1-5(9(13)16-7)10(18)15-6(11(19)20)2-4-8(14)17/h1,3,6H,2,4H2,(H2,14,17)(H,15,18)(H,19,20)/t6-/m0/s1. The van der Waals surface area contributed by atoms with Crippen LogP contribution in [0.25, 0.3) is 0 Å². The van der Waals surface area contributed by atoms with Crippen molar-refractivity contribution in [2.45, 2.75) is 18.9 Å². The maximum absolute atomic E-state index is 11.9. The number of halogens is 2. The molecule has 0 saturated heterocycles. The summed E-state index contributed by atoms with van der Waals surface area (Å²) in [6.07, 6.45) is -0.279. The minimum absolute atomic E-state index is 0.0126. The van der Waals surface area contributed by atoms with Gasteiger partial charge in [-0.2, -0.15) is 0 Å². The van der Waals surface area contributed by atoms with Gasteiger partial charge in [0.1, 0.15) is 16.3 Å². The summed E-state index contributed by atoms with van der Waals surface area (Å²) in [4.78, 5) is 37.2. The fraction of sp³-hybridized carbons (Fsp3) is 0.273. The normalized spacial score (nSPS) is 11.7. The second-order valence-corrected chi connectivity index (χ2v) is 4.59. The summed E-state index contributed by atoms with van der Waals surface area (Å²) < 4.78 is 0. The highest BCUT2D eigenvalue weighted by molar-refractivity contribution is 6.34. The highest BCUT2D eigenvalue weighted by Gasteiger charge is 2.22. The summed E-state index contributed by atoms with van der Waals surface area (Å²) in [7, 11) is 0. The van der Waals surface area contributed by atoms with Crippen molar-refractivity contribution in [2.75, 3.05) is 0 Å². The van der Waals surface area contributed by atoms with Crippen LogP contribution in [0.3, 0.4) is 0 Å². The molecular weight excluding hydrogens is 309 g/mol. The molecule has 1 heterocycles. The lowest BCUT2D eigenvalue weighted by Crippen LogP contribution is -2.41. The van der Waals surface area contributed by atoms with Crippen LogP contribution >= 0.6 is 23.2 Å². The van der Waals surface area contributed by atoms with Crippen molar-refractivity contribution in [3.63, 3.8) is 0 Å². The average molecular weight is 320 g/mol. The van der Waals surface area contributed by atoms with Crippen molar-refractivity contribution in [3.05, 3.63) is 28.0 Å². The van der Waals surface area contributed by atoms with Crippen LogP contribution in [0.1, 0.15) is 23.2 Å². The second-order valence-electron chi connectivity index (χ2n) is 3.84. The SMILES string of the molecule is NC(=O)CC[C@H](NC(=O)c1ccc(Cl)nc1Cl)C(=O)O. The molecule has 0 saturated carbocycles. The number of pyridine rings is 1. The maximum atomic E-state index is 11.9. The molecule has 1 aromatic heterocycles. The zero-order valence-electron chi connectivity index (χ0n) is 10.1. The highest BCUT2D eigenvalue weighted by atomic mass is 35.5. The minimum Gasteiger partial charge on any atom is -0.480 e. The number of hydrogen-bond donors (Lipinski definition) is 3. The summed E-state index contributed by atoms with van der Waals surface area (Å²) in [5.41, 5.74) is 4.92. The van der Waals surface area contributed by atoms with Crippen LogP contribution < -0.4 is 11.1 Å². The molecule has 0 spiro atoms. The van der Waals surface area contributed by atoms with Crippen molar-refractivity contribution in [3.8, 4) is 0 Å². The molecule has 7 nitrogen and oxygen atoms in total. The first kappa shape index (κ1) is 16.2. The quantitative estimate of drug-likeness (QED) is 0.670. The minimum atomic E-state index is -1.28. The molecule has 0 aliphatic heterocycles. The topological polar surface area (TPSA) is 122 Å². The van der Waals surface area contributed by atoms with Crippen LogP contribution in [0.4, 0.5) is 0 Å². The molecule has 1 rings (SSSR count). The van der Waals surface area contributed by atoms with Gasteiger partial charge in [0, 0.05) is 6.42 Å². The molecule has 108 valence electrons. The molecule has 0 bridgehead atoms. The number of carbonyl (C=O) groups is 3. The van der Waals surface area contributed by atoms with Gasteiger partial charge in [-0.15, -0.1) is 0 Å². The van der Waals surface area contributed by atoms with E-state index in [1.165, 1.54) is 12.1 Å². The number of rotatable bonds is 6. The van der Waals surface area contributed by atoms with Crippen molar-refractivity contribution in [1.29, 1.82) is 0 Å². The number of primary amides is 1. The van der Waals surface area contributed by atoms with Gasteiger partial charge in [0.05, 0.1) is 5.56 Å². The number of carboxylic acids is 1. The zero-order valence-corrected chi connectivity index (χ0v) is 11.6. The van der Waals surface area contributed by atoms with Crippen LogP contribution in [-0.4, -0.2) is 33.9 Å². The Morgan fingerprint density at radius 1 is 1.35 bits per heavy atom. The Kier molecular flexibility index (Phi) is 5.72. The number of carboxylic acid groups (broad SMARTS) is 1. The van der Waals surface area contributed by atoms with Crippen LogP contribution in [0.15, 0.2) is 12.1 Å². The number of amides is 2. The van der Waals surface area contributed by atoms with E-state index in [9.17, 15) is 14.4 Å². The van der Waals surface area contributed by atoms with Crippen molar-refractivity contribution in [1.82, 2.24) is 10.3 Å². The maximum Gasteiger partial charge on any atom is 0.326 e. The fourth-order valence-corrected chi connectivity index (χ4v) is 1.79. The largest absolute Gasteiger partial charge is 0.480 e. The van der Waals surface area contributed by atoms with Crippen LogP contribution in [0.5, 0.6) is 0 Å². The highest BCUT2D eigenvalue weighted by Crippen LogP contribution is 2.16. The average Bonchev–Trinajstić information content (AvgIpc) is 2.33. The number of hydrogen-bond acceptors (Lipinski definition) is 4. The Morgan fingerprint density at radius 3 is 2.50 bits per heavy atom. The van der Waals surface area contributed by atoms with Gasteiger partial charge >= 0.3 is 5.97 Å². The number of aromatic nitrogens is 1. The third-order valence-corrected chi connectivity index (χ3v) is 2.84. The number of carbonyl (C=O) groups excluding carboxylic acids is 2. The van der Waals surface area contributed by atoms with Crippen molar-refractivity contribution >= 4 is 41.0 Å². The zero-order chi connectivity index (χ0) is 15.3. The molecule has 0 aliphatic rings. The molecule has 0 unspecified atom stereocenters. The van der Waals surface area contributed by atoms with Gasteiger partial charge in [0.2, 0.25) is 5.91 Å². The van der Waals surface area contributed by atoms with E-state index in [2.05, 4.69) is 10.3 Å². The van der Waals surface area contributed by atoms with Gasteiger partial charge in [-0.05, 0) is 18.6 Å². The predicted octanol–water partition coefficient (Wildman–Crippen LogP) is 0.837. The first-order valence-electron chi connectivity index (χ1n) is 5.45. The van der Waals surface area contributed by atoms with Crippen molar-refractivity contribution < 1.29 is 19.5 Å². The van der Waals surface area contributed by atoms with E-state index < -0.39 is 23.8 Å². The molecule has 0 aromatic carbocycles. The Hall–Kier alpha value is -1.86. The van der Waals surface area contributed by atoms with Crippen molar-refractivity contribution in [2.24, 2.45) is 5.73 Å². The van der Waals surface area contributed by atoms with Gasteiger partial charge in [0.15, 0.2) is 0 Å². The number of nitrogens with zero attached hydrogens (tertiary/aromatic N) is 1.